The Labute approximate surface area is 375 Å². The lowest BCUT2D eigenvalue weighted by molar-refractivity contribution is 0.793. The third-order valence-electron chi connectivity index (χ3n) is 14.3. The first-order chi connectivity index (χ1) is 32.2. The molecule has 0 fully saturated rings. The van der Waals surface area contributed by atoms with E-state index in [2.05, 4.69) is 210 Å². The number of aromatic nitrogens is 2. The highest BCUT2D eigenvalue weighted by Gasteiger charge is 2.51. The molecule has 9 aromatic carbocycles. The van der Waals surface area contributed by atoms with E-state index in [9.17, 15) is 0 Å². The lowest BCUT2D eigenvalue weighted by atomic mass is 9.70. The number of benzene rings is 9. The summed E-state index contributed by atoms with van der Waals surface area (Å²) in [6.45, 7) is 0. The molecule has 1 aliphatic heterocycles. The predicted molar refractivity (Wildman–Crippen MR) is 266 cm³/mol. The fourth-order valence-corrected chi connectivity index (χ4v) is 11.6. The first-order valence-corrected chi connectivity index (χ1v) is 22.2. The second-order valence-corrected chi connectivity index (χ2v) is 17.3. The molecule has 0 bridgehead atoms. The summed E-state index contributed by atoms with van der Waals surface area (Å²) >= 11 is 0. The summed E-state index contributed by atoms with van der Waals surface area (Å²) in [6, 6.07) is 76.8. The van der Waals surface area contributed by atoms with Crippen molar-refractivity contribution in [3.8, 4) is 61.3 Å². The molecule has 0 saturated heterocycles. The largest absolute Gasteiger partial charge is 0.309 e. The van der Waals surface area contributed by atoms with E-state index in [4.69, 9.17) is 0 Å². The van der Waals surface area contributed by atoms with Gasteiger partial charge in [-0.1, -0.05) is 170 Å². The number of hydrogen-bond acceptors (Lipinski definition) is 3. The second-order valence-electron chi connectivity index (χ2n) is 17.3. The minimum Gasteiger partial charge on any atom is -0.309 e. The average Bonchev–Trinajstić information content (AvgIpc) is 3.84. The zero-order valence-electron chi connectivity index (χ0n) is 35.1. The standard InChI is InChI=1S/C61H37N3O/c65-60-49-33-34-62-37-51(49)48-23-14-22-47-50-35-39(38-15-2-1-3-16-38)29-32-58(50)63(56-27-12-7-20-45(56)46-21-8-13-28-57(46)64(60)59(47)48)40-30-31-44-43-19-6-11-26-54(43)61(55(44)36-40)52-24-9-4-17-41(52)42-18-5-10-25-53(42)61/h1-37H. The summed E-state index contributed by atoms with van der Waals surface area (Å²) in [4.78, 5) is 22.2. The third-order valence-corrected chi connectivity index (χ3v) is 14.3. The van der Waals surface area contributed by atoms with Crippen molar-refractivity contribution >= 4 is 38.7 Å². The minimum atomic E-state index is -0.515. The molecule has 14 rings (SSSR count). The maximum Gasteiger partial charge on any atom is 0.263 e. The zero-order valence-corrected chi connectivity index (χ0v) is 35.1. The summed E-state index contributed by atoms with van der Waals surface area (Å²) in [5, 5.41) is 2.43. The Hall–Kier alpha value is -8.60. The van der Waals surface area contributed by atoms with Crippen molar-refractivity contribution in [2.75, 3.05) is 4.90 Å². The summed E-state index contributed by atoms with van der Waals surface area (Å²) in [6.07, 6.45) is 3.56. The van der Waals surface area contributed by atoms with Crippen LogP contribution in [0.5, 0.6) is 0 Å². The average molecular weight is 828 g/mol. The Morgan fingerprint density at radius 3 is 1.65 bits per heavy atom. The van der Waals surface area contributed by atoms with Crippen LogP contribution >= 0.6 is 0 Å². The van der Waals surface area contributed by atoms with Crippen LogP contribution in [0.3, 0.4) is 0 Å². The molecule has 0 unspecified atom stereocenters. The number of para-hydroxylation sites is 3. The number of nitrogens with zero attached hydrogens (tertiary/aromatic N) is 3. The molecule has 2 aromatic heterocycles. The molecule has 1 spiro atoms. The third kappa shape index (κ3) is 4.80. The smallest absolute Gasteiger partial charge is 0.263 e. The molecule has 0 amide bonds. The minimum absolute atomic E-state index is 0.0777. The van der Waals surface area contributed by atoms with Gasteiger partial charge in [-0.15, -0.1) is 0 Å². The van der Waals surface area contributed by atoms with Gasteiger partial charge in [0.15, 0.2) is 0 Å². The van der Waals surface area contributed by atoms with Crippen LogP contribution in [0.4, 0.5) is 17.1 Å². The zero-order chi connectivity index (χ0) is 42.8. The molecule has 65 heavy (non-hydrogen) atoms. The molecule has 0 atom stereocenters. The van der Waals surface area contributed by atoms with Crippen molar-refractivity contribution in [2.24, 2.45) is 0 Å². The van der Waals surface area contributed by atoms with Gasteiger partial charge in [-0.3, -0.25) is 14.3 Å². The topological polar surface area (TPSA) is 38.1 Å². The van der Waals surface area contributed by atoms with Crippen molar-refractivity contribution in [3.63, 3.8) is 0 Å². The van der Waals surface area contributed by atoms with Crippen molar-refractivity contribution in [1.82, 2.24) is 9.55 Å². The van der Waals surface area contributed by atoms with Crippen molar-refractivity contribution in [3.05, 3.63) is 257 Å². The van der Waals surface area contributed by atoms with E-state index in [1.54, 1.807) is 6.20 Å². The monoisotopic (exact) mass is 827 g/mol. The lowest BCUT2D eigenvalue weighted by Gasteiger charge is -2.34. The van der Waals surface area contributed by atoms with Crippen LogP contribution in [0.1, 0.15) is 22.3 Å². The lowest BCUT2D eigenvalue weighted by Crippen LogP contribution is -2.26. The number of rotatable bonds is 2. The number of pyridine rings is 2. The van der Waals surface area contributed by atoms with Gasteiger partial charge in [-0.2, -0.15) is 0 Å². The second kappa shape index (κ2) is 13.5. The normalized spacial score (nSPS) is 13.4. The highest BCUT2D eigenvalue weighted by Crippen LogP contribution is 2.63. The van der Waals surface area contributed by atoms with E-state index in [0.29, 0.717) is 5.39 Å². The molecule has 4 heteroatoms. The van der Waals surface area contributed by atoms with Gasteiger partial charge in [0, 0.05) is 51.1 Å². The Balaban J connectivity index is 1.14. The SMILES string of the molecule is O=c1c2ccncc2c2cccc3c2n1-c1ccccc1-c1ccccc1N(c1ccc2c(c1)C1(c4ccccc4-c4ccccc41)c1ccccc1-2)c1ccc(-c2ccccc2)cc1-3. The maximum absolute atomic E-state index is 15.2. The van der Waals surface area contributed by atoms with Gasteiger partial charge >= 0.3 is 0 Å². The number of fused-ring (bicyclic) bond motifs is 18. The molecule has 0 saturated carbocycles. The van der Waals surface area contributed by atoms with Crippen LogP contribution in [0.2, 0.25) is 0 Å². The highest BCUT2D eigenvalue weighted by molar-refractivity contribution is 6.13. The maximum atomic E-state index is 15.2. The molecule has 4 nitrogen and oxygen atoms in total. The Kier molecular flexibility index (Phi) is 7.44. The fourth-order valence-electron chi connectivity index (χ4n) is 11.6. The van der Waals surface area contributed by atoms with Crippen LogP contribution in [-0.4, -0.2) is 9.55 Å². The van der Waals surface area contributed by atoms with Gasteiger partial charge in [-0.05, 0) is 98.1 Å². The van der Waals surface area contributed by atoms with Gasteiger partial charge in [0.1, 0.15) is 0 Å². The molecular formula is C61H37N3O. The van der Waals surface area contributed by atoms with Crippen LogP contribution in [0.15, 0.2) is 230 Å². The van der Waals surface area contributed by atoms with E-state index in [0.717, 1.165) is 72.4 Å². The molecule has 3 heterocycles. The van der Waals surface area contributed by atoms with Crippen LogP contribution in [0.25, 0.3) is 83.0 Å². The first-order valence-electron chi connectivity index (χ1n) is 22.2. The van der Waals surface area contributed by atoms with Crippen molar-refractivity contribution in [2.45, 2.75) is 5.41 Å². The van der Waals surface area contributed by atoms with E-state index in [1.807, 2.05) is 22.9 Å². The summed E-state index contributed by atoms with van der Waals surface area (Å²) in [7, 11) is 0. The van der Waals surface area contributed by atoms with Gasteiger partial charge in [-0.25, -0.2) is 0 Å². The Morgan fingerprint density at radius 2 is 0.938 bits per heavy atom. The fraction of sp³-hybridized carbons (Fsp3) is 0.0164. The van der Waals surface area contributed by atoms with E-state index in [1.165, 1.54) is 44.5 Å². The van der Waals surface area contributed by atoms with Gasteiger partial charge < -0.3 is 4.90 Å². The predicted octanol–water partition coefficient (Wildman–Crippen LogP) is 14.7. The summed E-state index contributed by atoms with van der Waals surface area (Å²) in [5.74, 6) is 0. The van der Waals surface area contributed by atoms with Crippen molar-refractivity contribution in [1.29, 1.82) is 0 Å². The van der Waals surface area contributed by atoms with E-state index < -0.39 is 5.41 Å². The number of hydrogen-bond donors (Lipinski definition) is 0. The first kappa shape index (κ1) is 35.9. The van der Waals surface area contributed by atoms with Gasteiger partial charge in [0.05, 0.1) is 33.4 Å². The Morgan fingerprint density at radius 1 is 0.369 bits per heavy atom. The van der Waals surface area contributed by atoms with Gasteiger partial charge in [0.2, 0.25) is 0 Å². The molecule has 2 aliphatic carbocycles. The van der Waals surface area contributed by atoms with E-state index >= 15 is 4.79 Å². The molecule has 11 aromatic rings. The van der Waals surface area contributed by atoms with Crippen molar-refractivity contribution < 1.29 is 0 Å². The molecule has 0 radical (unpaired) electrons. The Bertz CT molecular complexity index is 3820. The van der Waals surface area contributed by atoms with Crippen LogP contribution in [-0.2, 0) is 5.41 Å². The summed E-state index contributed by atoms with van der Waals surface area (Å²) < 4.78 is 1.96. The highest BCUT2D eigenvalue weighted by atomic mass is 16.1. The molecular weight excluding hydrogens is 791 g/mol. The molecule has 3 aliphatic rings. The molecule has 302 valence electrons. The molecule has 0 N–H and O–H groups in total. The van der Waals surface area contributed by atoms with E-state index in [-0.39, 0.29) is 5.56 Å². The number of anilines is 3. The van der Waals surface area contributed by atoms with Gasteiger partial charge in [0.25, 0.3) is 5.56 Å². The van der Waals surface area contributed by atoms with Crippen LogP contribution < -0.4 is 10.5 Å². The van der Waals surface area contributed by atoms with Crippen LogP contribution in [0, 0.1) is 0 Å². The summed E-state index contributed by atoms with van der Waals surface area (Å²) in [5.41, 5.74) is 20.6. The quantitative estimate of drug-likeness (QED) is 0.163.